The molecule has 3 N–H and O–H groups in total. The molecule has 0 unspecified atom stereocenters. The van der Waals surface area contributed by atoms with Crippen LogP contribution in [0.15, 0.2) is 24.3 Å². The molecule has 1 aromatic rings. The van der Waals surface area contributed by atoms with Gasteiger partial charge in [-0.2, -0.15) is 0 Å². The predicted octanol–water partition coefficient (Wildman–Crippen LogP) is 1.30. The molecule has 0 radical (unpaired) electrons. The number of primary amides is 1. The highest BCUT2D eigenvalue weighted by Crippen LogP contribution is 2.18. The third-order valence-corrected chi connectivity index (χ3v) is 1.96. The van der Waals surface area contributed by atoms with Gasteiger partial charge in [-0.1, -0.05) is 17.7 Å². The number of carbonyl (C=O) groups excluding carboxylic acids is 2. The molecular formula is C10H11ClN2O3. The van der Waals surface area contributed by atoms with Crippen LogP contribution in [-0.4, -0.2) is 18.0 Å². The van der Waals surface area contributed by atoms with Crippen LogP contribution >= 0.6 is 11.6 Å². The summed E-state index contributed by atoms with van der Waals surface area (Å²) in [5.74, 6) is -0.160. The van der Waals surface area contributed by atoms with Gasteiger partial charge in [-0.15, -0.1) is 0 Å². The summed E-state index contributed by atoms with van der Waals surface area (Å²) in [6, 6.07) is 5.68. The number of imide groups is 1. The van der Waals surface area contributed by atoms with Crippen LogP contribution in [0.1, 0.15) is 6.92 Å². The highest BCUT2D eigenvalue weighted by molar-refractivity contribution is 6.30. The van der Waals surface area contributed by atoms with Crippen LogP contribution in [0.5, 0.6) is 5.75 Å². The fourth-order valence-electron chi connectivity index (χ4n) is 1.02. The molecule has 0 aromatic heterocycles. The average Bonchev–Trinajstić information content (AvgIpc) is 2.16. The number of urea groups is 1. The molecule has 5 nitrogen and oxygen atoms in total. The lowest BCUT2D eigenvalue weighted by molar-refractivity contribution is -0.126. The number of rotatable bonds is 3. The molecule has 0 bridgehead atoms. The lowest BCUT2D eigenvalue weighted by Gasteiger charge is -2.13. The average molecular weight is 243 g/mol. The van der Waals surface area contributed by atoms with E-state index in [4.69, 9.17) is 22.1 Å². The van der Waals surface area contributed by atoms with Crippen molar-refractivity contribution in [1.29, 1.82) is 0 Å². The fourth-order valence-corrected chi connectivity index (χ4v) is 1.20. The Morgan fingerprint density at radius 2 is 2.19 bits per heavy atom. The summed E-state index contributed by atoms with van der Waals surface area (Å²) in [6.45, 7) is 1.50. The van der Waals surface area contributed by atoms with E-state index in [2.05, 4.69) is 0 Å². The summed E-state index contributed by atoms with van der Waals surface area (Å²) in [5, 5.41) is 2.42. The van der Waals surface area contributed by atoms with Crippen LogP contribution in [0.2, 0.25) is 5.02 Å². The van der Waals surface area contributed by atoms with Gasteiger partial charge in [0.25, 0.3) is 5.91 Å². The predicted molar refractivity (Wildman–Crippen MR) is 59.3 cm³/mol. The quantitative estimate of drug-likeness (QED) is 0.838. The highest BCUT2D eigenvalue weighted by atomic mass is 35.5. The van der Waals surface area contributed by atoms with Crippen molar-refractivity contribution in [3.8, 4) is 5.75 Å². The Labute approximate surface area is 97.5 Å². The van der Waals surface area contributed by atoms with E-state index in [0.717, 1.165) is 0 Å². The number of carbonyl (C=O) groups is 2. The molecule has 1 atom stereocenters. The number of ether oxygens (including phenoxy) is 1. The Bertz CT molecular complexity index is 409. The zero-order valence-electron chi connectivity index (χ0n) is 8.57. The molecule has 86 valence electrons. The van der Waals surface area contributed by atoms with Gasteiger partial charge in [0.05, 0.1) is 0 Å². The van der Waals surface area contributed by atoms with Crippen LogP contribution in [-0.2, 0) is 4.79 Å². The Hall–Kier alpha value is -1.75. The second-order valence-electron chi connectivity index (χ2n) is 3.07. The first-order valence-corrected chi connectivity index (χ1v) is 4.89. The van der Waals surface area contributed by atoms with Crippen molar-refractivity contribution in [2.75, 3.05) is 0 Å². The highest BCUT2D eigenvalue weighted by Gasteiger charge is 2.15. The fraction of sp³-hybridized carbons (Fsp3) is 0.200. The zero-order chi connectivity index (χ0) is 12.1. The third-order valence-electron chi connectivity index (χ3n) is 1.72. The number of nitrogens with one attached hydrogen (secondary N) is 1. The van der Waals surface area contributed by atoms with Gasteiger partial charge in [0.15, 0.2) is 6.10 Å². The molecule has 0 saturated carbocycles. The van der Waals surface area contributed by atoms with Gasteiger partial charge in [0.2, 0.25) is 0 Å². The minimum Gasteiger partial charge on any atom is -0.481 e. The number of hydrogen-bond acceptors (Lipinski definition) is 3. The van der Waals surface area contributed by atoms with E-state index in [9.17, 15) is 9.59 Å². The lowest BCUT2D eigenvalue weighted by Crippen LogP contribution is -2.42. The van der Waals surface area contributed by atoms with Gasteiger partial charge in [0.1, 0.15) is 5.75 Å². The second-order valence-corrected chi connectivity index (χ2v) is 3.51. The van der Waals surface area contributed by atoms with E-state index in [0.29, 0.717) is 10.8 Å². The smallest absolute Gasteiger partial charge is 0.318 e. The molecule has 0 spiro atoms. The molecule has 16 heavy (non-hydrogen) atoms. The molecule has 6 heteroatoms. The van der Waals surface area contributed by atoms with Crippen molar-refractivity contribution < 1.29 is 14.3 Å². The molecule has 0 aliphatic heterocycles. The normalized spacial score (nSPS) is 11.6. The van der Waals surface area contributed by atoms with Crippen LogP contribution in [0.4, 0.5) is 4.79 Å². The summed E-state index contributed by atoms with van der Waals surface area (Å²) in [7, 11) is 0. The van der Waals surface area contributed by atoms with Crippen LogP contribution in [0, 0.1) is 0 Å². The lowest BCUT2D eigenvalue weighted by atomic mass is 10.3. The van der Waals surface area contributed by atoms with E-state index < -0.39 is 18.0 Å². The van der Waals surface area contributed by atoms with E-state index >= 15 is 0 Å². The maximum atomic E-state index is 11.3. The maximum Gasteiger partial charge on any atom is 0.318 e. The third kappa shape index (κ3) is 3.78. The van der Waals surface area contributed by atoms with Gasteiger partial charge < -0.3 is 10.5 Å². The van der Waals surface area contributed by atoms with Gasteiger partial charge in [-0.3, -0.25) is 10.1 Å². The van der Waals surface area contributed by atoms with Crippen LogP contribution < -0.4 is 15.8 Å². The van der Waals surface area contributed by atoms with Crippen molar-refractivity contribution in [2.45, 2.75) is 13.0 Å². The van der Waals surface area contributed by atoms with E-state index in [1.54, 1.807) is 24.3 Å². The Morgan fingerprint density at radius 1 is 1.50 bits per heavy atom. The minimum atomic E-state index is -0.911. The zero-order valence-corrected chi connectivity index (χ0v) is 9.32. The Balaban J connectivity index is 2.60. The van der Waals surface area contributed by atoms with E-state index in [1.807, 2.05) is 5.32 Å². The summed E-state index contributed by atoms with van der Waals surface area (Å²) in [6.07, 6.45) is -0.828. The van der Waals surface area contributed by atoms with Gasteiger partial charge in [-0.05, 0) is 25.1 Å². The molecule has 1 aromatic carbocycles. The molecule has 0 aliphatic rings. The minimum absolute atomic E-state index is 0.444. The topological polar surface area (TPSA) is 81.4 Å². The van der Waals surface area contributed by atoms with Crippen molar-refractivity contribution >= 4 is 23.5 Å². The van der Waals surface area contributed by atoms with Crippen LogP contribution in [0.3, 0.4) is 0 Å². The van der Waals surface area contributed by atoms with Gasteiger partial charge in [-0.25, -0.2) is 4.79 Å². The molecular weight excluding hydrogens is 232 g/mol. The van der Waals surface area contributed by atoms with E-state index in [1.165, 1.54) is 6.92 Å². The first kappa shape index (κ1) is 12.3. The van der Waals surface area contributed by atoms with Gasteiger partial charge in [0, 0.05) is 5.02 Å². The maximum absolute atomic E-state index is 11.3. The number of halogens is 1. The van der Waals surface area contributed by atoms with E-state index in [-0.39, 0.29) is 0 Å². The second kappa shape index (κ2) is 5.37. The molecule has 0 fully saturated rings. The summed E-state index contributed by atoms with van der Waals surface area (Å²) in [4.78, 5) is 21.7. The number of amides is 3. The number of nitrogens with two attached hydrogens (primary N) is 1. The summed E-state index contributed by atoms with van der Waals surface area (Å²) >= 11 is 5.74. The molecule has 0 saturated heterocycles. The Morgan fingerprint density at radius 3 is 2.75 bits per heavy atom. The largest absolute Gasteiger partial charge is 0.481 e. The van der Waals surface area contributed by atoms with Crippen molar-refractivity contribution in [1.82, 2.24) is 5.32 Å². The molecule has 3 amide bonds. The SMILES string of the molecule is C[C@@H](Oc1cccc(Cl)c1)C(=O)NC(N)=O. The van der Waals surface area contributed by atoms with Crippen LogP contribution in [0.25, 0.3) is 0 Å². The van der Waals surface area contributed by atoms with Crippen molar-refractivity contribution in [2.24, 2.45) is 5.73 Å². The van der Waals surface area contributed by atoms with Crippen molar-refractivity contribution in [3.05, 3.63) is 29.3 Å². The van der Waals surface area contributed by atoms with Gasteiger partial charge >= 0.3 is 6.03 Å². The molecule has 0 aliphatic carbocycles. The number of hydrogen-bond donors (Lipinski definition) is 2. The molecule has 1 rings (SSSR count). The summed E-state index contributed by atoms with van der Waals surface area (Å²) < 4.78 is 5.25. The first-order chi connectivity index (χ1) is 7.49. The first-order valence-electron chi connectivity index (χ1n) is 4.51. The monoisotopic (exact) mass is 242 g/mol. The summed E-state index contributed by atoms with van der Waals surface area (Å²) in [5.41, 5.74) is 4.80. The number of benzene rings is 1. The standard InChI is InChI=1S/C10H11ClN2O3/c1-6(9(14)13-10(12)15)16-8-4-2-3-7(11)5-8/h2-6H,1H3,(H3,12,13,14,15)/t6-/m1/s1. The Kier molecular flexibility index (Phi) is 4.13. The molecule has 0 heterocycles. The van der Waals surface area contributed by atoms with Crippen molar-refractivity contribution in [3.63, 3.8) is 0 Å².